The number of unbranched alkanes of at least 4 members (excludes halogenated alkanes) is 4. The molecule has 3 heteroatoms. The number of carbonyl (C=O) groups is 1. The first-order chi connectivity index (χ1) is 14.7. The predicted molar refractivity (Wildman–Crippen MR) is 122 cm³/mol. The number of benzene rings is 2. The van der Waals surface area contributed by atoms with Gasteiger partial charge in [0.05, 0.1) is 18.8 Å². The van der Waals surface area contributed by atoms with Crippen LogP contribution in [0.4, 0.5) is 0 Å². The zero-order valence-corrected chi connectivity index (χ0v) is 18.8. The molecule has 1 heterocycles. The lowest BCUT2D eigenvalue weighted by Gasteiger charge is -2.19. The van der Waals surface area contributed by atoms with E-state index in [1.807, 2.05) is 13.0 Å². The summed E-state index contributed by atoms with van der Waals surface area (Å²) in [6.07, 6.45) is 8.67. The minimum absolute atomic E-state index is 0.0489. The Labute approximate surface area is 181 Å². The quantitative estimate of drug-likeness (QED) is 0.298. The number of esters is 1. The Morgan fingerprint density at radius 2 is 1.77 bits per heavy atom. The average Bonchev–Trinajstić information content (AvgIpc) is 3.19. The van der Waals surface area contributed by atoms with E-state index in [2.05, 4.69) is 44.2 Å². The minimum atomic E-state index is -0.167. The van der Waals surface area contributed by atoms with Crippen LogP contribution in [0.3, 0.4) is 0 Å². The molecule has 3 rings (SSSR count). The Morgan fingerprint density at radius 1 is 1.00 bits per heavy atom. The third kappa shape index (κ3) is 5.13. The summed E-state index contributed by atoms with van der Waals surface area (Å²) in [6, 6.07) is 12.7. The average molecular weight is 409 g/mol. The van der Waals surface area contributed by atoms with Gasteiger partial charge in [0.15, 0.2) is 0 Å². The first-order valence-electron chi connectivity index (χ1n) is 11.7. The molecule has 0 aliphatic carbocycles. The van der Waals surface area contributed by atoms with Crippen molar-refractivity contribution in [1.82, 2.24) is 0 Å². The van der Waals surface area contributed by atoms with Crippen molar-refractivity contribution in [2.24, 2.45) is 0 Å². The third-order valence-corrected chi connectivity index (χ3v) is 6.00. The molecular weight excluding hydrogens is 372 g/mol. The summed E-state index contributed by atoms with van der Waals surface area (Å²) >= 11 is 0. The highest BCUT2D eigenvalue weighted by molar-refractivity contribution is 5.93. The van der Waals surface area contributed by atoms with Crippen LogP contribution < -0.4 is 0 Å². The van der Waals surface area contributed by atoms with Gasteiger partial charge in [0.2, 0.25) is 0 Å². The van der Waals surface area contributed by atoms with E-state index in [-0.39, 0.29) is 12.1 Å². The molecule has 0 radical (unpaired) electrons. The second-order valence-corrected chi connectivity index (χ2v) is 8.19. The van der Waals surface area contributed by atoms with Gasteiger partial charge in [0.1, 0.15) is 6.10 Å². The SMILES string of the molecule is CCCCCCc1cc2c(c(CCCC)c1C(=O)OCC)COC2c1ccccc1. The van der Waals surface area contributed by atoms with Crippen LogP contribution in [0.25, 0.3) is 0 Å². The lowest BCUT2D eigenvalue weighted by molar-refractivity contribution is 0.0523. The standard InChI is InChI=1S/C27H36O3/c1-4-7-9-11-16-21-18-23-24(19-30-26(23)20-14-12-10-13-15-20)22(17-8-5-2)25(21)27(28)29-6-3/h10,12-15,18,26H,4-9,11,16-17,19H2,1-3H3. The highest BCUT2D eigenvalue weighted by Gasteiger charge is 2.31. The lowest BCUT2D eigenvalue weighted by Crippen LogP contribution is -2.15. The number of rotatable bonds is 11. The first kappa shape index (κ1) is 22.6. The highest BCUT2D eigenvalue weighted by atomic mass is 16.5. The van der Waals surface area contributed by atoms with Crippen LogP contribution in [-0.4, -0.2) is 12.6 Å². The van der Waals surface area contributed by atoms with Crippen molar-refractivity contribution in [1.29, 1.82) is 0 Å². The predicted octanol–water partition coefficient (Wildman–Crippen LogP) is 6.95. The molecule has 1 aliphatic heterocycles. The fourth-order valence-electron chi connectivity index (χ4n) is 4.46. The number of hydrogen-bond donors (Lipinski definition) is 0. The Morgan fingerprint density at radius 3 is 2.47 bits per heavy atom. The van der Waals surface area contributed by atoms with Crippen LogP contribution in [0.5, 0.6) is 0 Å². The van der Waals surface area contributed by atoms with Crippen molar-refractivity contribution in [3.8, 4) is 0 Å². The number of fused-ring (bicyclic) bond motifs is 1. The van der Waals surface area contributed by atoms with Crippen molar-refractivity contribution < 1.29 is 14.3 Å². The van der Waals surface area contributed by atoms with Crippen LogP contribution in [0.15, 0.2) is 36.4 Å². The summed E-state index contributed by atoms with van der Waals surface area (Å²) in [5, 5.41) is 0. The van der Waals surface area contributed by atoms with Gasteiger partial charge in [-0.2, -0.15) is 0 Å². The lowest BCUT2D eigenvalue weighted by atomic mass is 9.85. The minimum Gasteiger partial charge on any atom is -0.462 e. The van der Waals surface area contributed by atoms with Gasteiger partial charge in [-0.1, -0.05) is 75.9 Å². The van der Waals surface area contributed by atoms with E-state index in [0.29, 0.717) is 13.2 Å². The number of hydrogen-bond acceptors (Lipinski definition) is 3. The van der Waals surface area contributed by atoms with Gasteiger partial charge in [-0.3, -0.25) is 0 Å². The highest BCUT2D eigenvalue weighted by Crippen LogP contribution is 2.41. The fraction of sp³-hybridized carbons (Fsp3) is 0.519. The molecule has 0 saturated carbocycles. The Hall–Kier alpha value is -2.13. The van der Waals surface area contributed by atoms with E-state index in [0.717, 1.165) is 48.8 Å². The second-order valence-electron chi connectivity index (χ2n) is 8.19. The monoisotopic (exact) mass is 408 g/mol. The van der Waals surface area contributed by atoms with Crippen molar-refractivity contribution in [2.45, 2.75) is 84.8 Å². The summed E-state index contributed by atoms with van der Waals surface area (Å²) in [7, 11) is 0. The van der Waals surface area contributed by atoms with Crippen LogP contribution in [0.2, 0.25) is 0 Å². The summed E-state index contributed by atoms with van der Waals surface area (Å²) < 4.78 is 11.8. The first-order valence-corrected chi connectivity index (χ1v) is 11.7. The molecule has 1 unspecified atom stereocenters. The topological polar surface area (TPSA) is 35.5 Å². The molecule has 30 heavy (non-hydrogen) atoms. The van der Waals surface area contributed by atoms with E-state index >= 15 is 0 Å². The van der Waals surface area contributed by atoms with Gasteiger partial charge >= 0.3 is 5.97 Å². The summed E-state index contributed by atoms with van der Waals surface area (Å²) in [6.45, 7) is 7.27. The molecule has 0 fully saturated rings. The van der Waals surface area contributed by atoms with Gasteiger partial charge in [-0.25, -0.2) is 4.79 Å². The zero-order valence-electron chi connectivity index (χ0n) is 18.8. The molecule has 0 spiro atoms. The second kappa shape index (κ2) is 11.3. The van der Waals surface area contributed by atoms with Crippen LogP contribution in [-0.2, 0) is 28.9 Å². The molecule has 2 aromatic carbocycles. The third-order valence-electron chi connectivity index (χ3n) is 6.00. The largest absolute Gasteiger partial charge is 0.462 e. The van der Waals surface area contributed by atoms with Crippen molar-refractivity contribution in [3.05, 3.63) is 69.8 Å². The van der Waals surface area contributed by atoms with Crippen LogP contribution >= 0.6 is 0 Å². The zero-order chi connectivity index (χ0) is 21.3. The maximum atomic E-state index is 13.0. The Kier molecular flexibility index (Phi) is 8.50. The molecule has 3 nitrogen and oxygen atoms in total. The number of ether oxygens (including phenoxy) is 2. The molecular formula is C27H36O3. The molecule has 0 saturated heterocycles. The van der Waals surface area contributed by atoms with Gasteiger partial charge in [-0.15, -0.1) is 0 Å². The van der Waals surface area contributed by atoms with Crippen molar-refractivity contribution in [2.75, 3.05) is 6.61 Å². The van der Waals surface area contributed by atoms with Crippen molar-refractivity contribution in [3.63, 3.8) is 0 Å². The molecule has 0 amide bonds. The Bertz CT molecular complexity index is 826. The molecule has 2 aromatic rings. The summed E-state index contributed by atoms with van der Waals surface area (Å²) in [5.74, 6) is -0.167. The van der Waals surface area contributed by atoms with Crippen molar-refractivity contribution >= 4 is 5.97 Å². The van der Waals surface area contributed by atoms with E-state index in [4.69, 9.17) is 9.47 Å². The molecule has 0 aromatic heterocycles. The van der Waals surface area contributed by atoms with Gasteiger partial charge in [0.25, 0.3) is 0 Å². The van der Waals surface area contributed by atoms with Gasteiger partial charge in [-0.05, 0) is 60.4 Å². The molecule has 1 aliphatic rings. The van der Waals surface area contributed by atoms with Crippen LogP contribution in [0.1, 0.15) is 104 Å². The van der Waals surface area contributed by atoms with Gasteiger partial charge < -0.3 is 9.47 Å². The maximum Gasteiger partial charge on any atom is 0.338 e. The Balaban J connectivity index is 2.07. The normalized spacial score (nSPS) is 15.2. The smallest absolute Gasteiger partial charge is 0.338 e. The summed E-state index contributed by atoms with van der Waals surface area (Å²) in [5.41, 5.74) is 6.75. The molecule has 0 N–H and O–H groups in total. The van der Waals surface area contributed by atoms with E-state index < -0.39 is 0 Å². The van der Waals surface area contributed by atoms with Crippen LogP contribution in [0, 0.1) is 0 Å². The van der Waals surface area contributed by atoms with Gasteiger partial charge in [0, 0.05) is 0 Å². The molecule has 0 bridgehead atoms. The van der Waals surface area contributed by atoms with E-state index in [1.165, 1.54) is 36.0 Å². The number of aryl methyl sites for hydroxylation is 1. The molecule has 1 atom stereocenters. The summed E-state index contributed by atoms with van der Waals surface area (Å²) in [4.78, 5) is 13.0. The fourth-order valence-corrected chi connectivity index (χ4v) is 4.46. The maximum absolute atomic E-state index is 13.0. The van der Waals surface area contributed by atoms with E-state index in [9.17, 15) is 4.79 Å². The number of carbonyl (C=O) groups excluding carboxylic acids is 1. The molecule has 162 valence electrons. The van der Waals surface area contributed by atoms with E-state index in [1.54, 1.807) is 0 Å².